The lowest BCUT2D eigenvalue weighted by molar-refractivity contribution is 0.415. The normalized spacial score (nSPS) is 10.7. The summed E-state index contributed by atoms with van der Waals surface area (Å²) in [7, 11) is 6.90. The Morgan fingerprint density at radius 2 is 1.63 bits per heavy atom. The standard InChI is InChI=1S/C20H20N2O3S2/c1-21(12-5-7-13(24-3)8-6-12)19(26)17-18(23)15-11-14(25-4)9-10-16(15)22(2)20(17)27/h5-11,23H,1-4H3. The van der Waals surface area contributed by atoms with Gasteiger partial charge in [0.05, 0.1) is 25.3 Å². The number of ether oxygens (including phenoxy) is 2. The highest BCUT2D eigenvalue weighted by Crippen LogP contribution is 2.34. The number of aryl methyl sites for hydroxylation is 1. The van der Waals surface area contributed by atoms with Gasteiger partial charge in [0, 0.05) is 25.2 Å². The molecule has 1 aromatic heterocycles. The minimum Gasteiger partial charge on any atom is -0.506 e. The molecule has 140 valence electrons. The fraction of sp³-hybridized carbons (Fsp3) is 0.200. The molecule has 0 aliphatic heterocycles. The molecule has 3 rings (SSSR count). The van der Waals surface area contributed by atoms with Gasteiger partial charge < -0.3 is 24.0 Å². The van der Waals surface area contributed by atoms with Crippen LogP contribution in [0.3, 0.4) is 0 Å². The van der Waals surface area contributed by atoms with Crippen molar-refractivity contribution in [2.45, 2.75) is 0 Å². The van der Waals surface area contributed by atoms with Crippen LogP contribution in [0.1, 0.15) is 5.56 Å². The molecular formula is C20H20N2O3S2. The van der Waals surface area contributed by atoms with E-state index in [-0.39, 0.29) is 5.75 Å². The van der Waals surface area contributed by atoms with Crippen molar-refractivity contribution in [3.63, 3.8) is 0 Å². The minimum atomic E-state index is 0.0531. The zero-order valence-electron chi connectivity index (χ0n) is 15.5. The monoisotopic (exact) mass is 400 g/mol. The predicted molar refractivity (Wildman–Crippen MR) is 115 cm³/mol. The lowest BCUT2D eigenvalue weighted by atomic mass is 10.1. The highest BCUT2D eigenvalue weighted by Gasteiger charge is 2.20. The summed E-state index contributed by atoms with van der Waals surface area (Å²) < 4.78 is 12.8. The summed E-state index contributed by atoms with van der Waals surface area (Å²) >= 11 is 11.3. The fourth-order valence-corrected chi connectivity index (χ4v) is 3.58. The molecule has 1 N–H and O–H groups in total. The van der Waals surface area contributed by atoms with E-state index in [1.807, 2.05) is 60.0 Å². The van der Waals surface area contributed by atoms with Crippen LogP contribution in [0.15, 0.2) is 42.5 Å². The summed E-state index contributed by atoms with van der Waals surface area (Å²) in [6, 6.07) is 13.0. The van der Waals surface area contributed by atoms with Crippen molar-refractivity contribution in [3.8, 4) is 17.2 Å². The zero-order valence-corrected chi connectivity index (χ0v) is 17.1. The number of thiocarbonyl (C=S) groups is 1. The Balaban J connectivity index is 2.14. The van der Waals surface area contributed by atoms with Crippen LogP contribution in [0.2, 0.25) is 0 Å². The Hall–Kier alpha value is -2.64. The van der Waals surface area contributed by atoms with Crippen molar-refractivity contribution in [1.29, 1.82) is 0 Å². The number of nitrogens with zero attached hydrogens (tertiary/aromatic N) is 2. The number of pyridine rings is 1. The van der Waals surface area contributed by atoms with Gasteiger partial charge in [-0.2, -0.15) is 0 Å². The molecule has 0 radical (unpaired) electrons. The highest BCUT2D eigenvalue weighted by atomic mass is 32.1. The molecular weight excluding hydrogens is 380 g/mol. The number of hydrogen-bond donors (Lipinski definition) is 1. The lowest BCUT2D eigenvalue weighted by Crippen LogP contribution is -2.26. The maximum atomic E-state index is 11.0. The van der Waals surface area contributed by atoms with Crippen LogP contribution in [0.5, 0.6) is 17.2 Å². The van der Waals surface area contributed by atoms with Crippen molar-refractivity contribution in [3.05, 3.63) is 52.7 Å². The molecule has 5 nitrogen and oxygen atoms in total. The smallest absolute Gasteiger partial charge is 0.138 e. The predicted octanol–water partition coefficient (Wildman–Crippen LogP) is 4.44. The van der Waals surface area contributed by atoms with Crippen molar-refractivity contribution in [2.24, 2.45) is 7.05 Å². The SMILES string of the molecule is COc1ccc(N(C)C(=S)c2c(O)c3cc(OC)ccc3n(C)c2=S)cc1. The fourth-order valence-electron chi connectivity index (χ4n) is 2.92. The summed E-state index contributed by atoms with van der Waals surface area (Å²) in [5.41, 5.74) is 2.11. The van der Waals surface area contributed by atoms with E-state index in [1.54, 1.807) is 20.3 Å². The Morgan fingerprint density at radius 3 is 2.22 bits per heavy atom. The molecule has 2 aromatic carbocycles. The first-order chi connectivity index (χ1) is 12.9. The third-order valence-corrected chi connectivity index (χ3v) is 5.51. The Kier molecular flexibility index (Phi) is 5.34. The van der Waals surface area contributed by atoms with E-state index < -0.39 is 0 Å². The van der Waals surface area contributed by atoms with Gasteiger partial charge in [-0.3, -0.25) is 0 Å². The van der Waals surface area contributed by atoms with Crippen LogP contribution in [-0.2, 0) is 7.05 Å². The maximum Gasteiger partial charge on any atom is 0.138 e. The number of anilines is 1. The number of methoxy groups -OCH3 is 2. The molecule has 0 aliphatic rings. The number of aromatic nitrogens is 1. The molecule has 0 aliphatic carbocycles. The van der Waals surface area contributed by atoms with Gasteiger partial charge in [-0.25, -0.2) is 0 Å². The maximum absolute atomic E-state index is 11.0. The quantitative estimate of drug-likeness (QED) is 0.653. The second-order valence-electron chi connectivity index (χ2n) is 6.03. The summed E-state index contributed by atoms with van der Waals surface area (Å²) in [4.78, 5) is 2.24. The van der Waals surface area contributed by atoms with Gasteiger partial charge >= 0.3 is 0 Å². The van der Waals surface area contributed by atoms with Gasteiger partial charge in [-0.1, -0.05) is 24.4 Å². The van der Waals surface area contributed by atoms with Gasteiger partial charge in [0.2, 0.25) is 0 Å². The summed E-state index contributed by atoms with van der Waals surface area (Å²) in [6.07, 6.45) is 0. The molecule has 1 heterocycles. The van der Waals surface area contributed by atoms with E-state index in [2.05, 4.69) is 0 Å². The minimum absolute atomic E-state index is 0.0531. The molecule has 0 saturated carbocycles. The Bertz CT molecular complexity index is 1080. The summed E-state index contributed by atoms with van der Waals surface area (Å²) in [6.45, 7) is 0. The second kappa shape index (κ2) is 7.54. The van der Waals surface area contributed by atoms with E-state index in [1.165, 1.54) is 0 Å². The largest absolute Gasteiger partial charge is 0.506 e. The summed E-state index contributed by atoms with van der Waals surface area (Å²) in [5, 5.41) is 11.6. The molecule has 0 saturated heterocycles. The second-order valence-corrected chi connectivity index (χ2v) is 6.81. The van der Waals surface area contributed by atoms with Crippen LogP contribution in [-0.4, -0.2) is 35.9 Å². The first kappa shape index (κ1) is 19.1. The summed E-state index contributed by atoms with van der Waals surface area (Å²) in [5.74, 6) is 1.46. The van der Waals surface area contributed by atoms with E-state index in [0.29, 0.717) is 26.3 Å². The van der Waals surface area contributed by atoms with Gasteiger partial charge in [0.25, 0.3) is 0 Å². The van der Waals surface area contributed by atoms with Gasteiger partial charge in [0.1, 0.15) is 26.9 Å². The van der Waals surface area contributed by atoms with Crippen LogP contribution in [0, 0.1) is 4.64 Å². The van der Waals surface area contributed by atoms with Crippen molar-refractivity contribution < 1.29 is 14.6 Å². The van der Waals surface area contributed by atoms with Gasteiger partial charge in [0.15, 0.2) is 0 Å². The van der Waals surface area contributed by atoms with Crippen LogP contribution < -0.4 is 14.4 Å². The highest BCUT2D eigenvalue weighted by molar-refractivity contribution is 7.81. The van der Waals surface area contributed by atoms with E-state index in [9.17, 15) is 5.11 Å². The number of rotatable bonds is 4. The lowest BCUT2D eigenvalue weighted by Gasteiger charge is -2.23. The molecule has 3 aromatic rings. The Labute approximate surface area is 168 Å². The number of aromatic hydroxyl groups is 1. The number of benzene rings is 2. The zero-order chi connectivity index (χ0) is 19.7. The Morgan fingerprint density at radius 1 is 1.04 bits per heavy atom. The van der Waals surface area contributed by atoms with Crippen molar-refractivity contribution >= 4 is 46.0 Å². The number of fused-ring (bicyclic) bond motifs is 1. The topological polar surface area (TPSA) is 46.9 Å². The molecule has 0 fully saturated rings. The molecule has 0 amide bonds. The van der Waals surface area contributed by atoms with Gasteiger partial charge in [-0.05, 0) is 42.5 Å². The third kappa shape index (κ3) is 3.36. The number of hydrogen-bond acceptors (Lipinski definition) is 5. The average Bonchev–Trinajstić information content (AvgIpc) is 2.71. The average molecular weight is 401 g/mol. The molecule has 0 spiro atoms. The first-order valence-corrected chi connectivity index (χ1v) is 9.02. The van der Waals surface area contributed by atoms with Crippen LogP contribution in [0.4, 0.5) is 5.69 Å². The van der Waals surface area contributed by atoms with Crippen molar-refractivity contribution in [1.82, 2.24) is 4.57 Å². The van der Waals surface area contributed by atoms with E-state index in [4.69, 9.17) is 33.9 Å². The third-order valence-electron chi connectivity index (χ3n) is 4.55. The molecule has 7 heteroatoms. The van der Waals surface area contributed by atoms with Crippen LogP contribution in [0.25, 0.3) is 10.9 Å². The van der Waals surface area contributed by atoms with Crippen molar-refractivity contribution in [2.75, 3.05) is 26.2 Å². The van der Waals surface area contributed by atoms with Gasteiger partial charge in [-0.15, -0.1) is 0 Å². The van der Waals surface area contributed by atoms with E-state index in [0.717, 1.165) is 17.0 Å². The molecule has 27 heavy (non-hydrogen) atoms. The molecule has 0 unspecified atom stereocenters. The first-order valence-electron chi connectivity index (χ1n) is 8.20. The molecule has 0 atom stereocenters. The van der Waals surface area contributed by atoms with Crippen LogP contribution >= 0.6 is 24.4 Å². The van der Waals surface area contributed by atoms with E-state index >= 15 is 0 Å². The molecule has 0 bridgehead atoms.